The smallest absolute Gasteiger partial charge is 0.357 e. The largest absolute Gasteiger partial charge is 0.465 e. The third-order valence-electron chi connectivity index (χ3n) is 6.66. The molecule has 3 rings (SSSR count). The Hall–Kier alpha value is -3.50. The van der Waals surface area contributed by atoms with Crippen LogP contribution in [0.15, 0.2) is 72.8 Å². The van der Waals surface area contributed by atoms with Gasteiger partial charge < -0.3 is 38.2 Å². The predicted molar refractivity (Wildman–Crippen MR) is 176 cm³/mol. The molecule has 2 atom stereocenters. The molecular weight excluding hydrogens is 634 g/mol. The summed E-state index contributed by atoms with van der Waals surface area (Å²) in [4.78, 5) is 24.0. The van der Waals surface area contributed by atoms with Gasteiger partial charge in [0.05, 0.1) is 51.8 Å². The first-order chi connectivity index (χ1) is 22.1. The molecule has 0 fully saturated rings. The monoisotopic (exact) mass is 676 g/mol. The summed E-state index contributed by atoms with van der Waals surface area (Å²) in [7, 11) is -4.87. The Bertz CT molecular complexity index is 1380. The average molecular weight is 677 g/mol. The summed E-state index contributed by atoms with van der Waals surface area (Å²) in [5.74, 6) is -2.80. The topological polar surface area (TPSA) is 148 Å². The maximum atomic E-state index is 14.0. The first kappa shape index (κ1) is 37.0. The van der Waals surface area contributed by atoms with Crippen LogP contribution in [-0.4, -0.2) is 52.6 Å². The van der Waals surface area contributed by atoms with Crippen molar-refractivity contribution < 1.29 is 46.3 Å². The van der Waals surface area contributed by atoms with Crippen LogP contribution in [0.25, 0.3) is 0 Å². The standard InChI is InChI=1S/C32H42N2O10P2/c1-7-41-45(37,42-8-2)29(23-11-15-25(16-12-23)31(35)39-5)33-27-19-21-28(22-20-27)34-30(46(38,43-9-3)44-10-4)24-13-17-26(18-14-24)32(36)40-6/h11-22,29-30,33-34H,7-10H2,1-6H3. The minimum atomic E-state index is -3.73. The number of ether oxygens (including phenoxy) is 2. The molecule has 0 aromatic heterocycles. The Morgan fingerprint density at radius 1 is 0.543 bits per heavy atom. The van der Waals surface area contributed by atoms with Crippen LogP contribution in [0.3, 0.4) is 0 Å². The number of methoxy groups -OCH3 is 2. The highest BCUT2D eigenvalue weighted by atomic mass is 31.2. The van der Waals surface area contributed by atoms with E-state index in [1.54, 1.807) is 100 Å². The molecule has 12 nitrogen and oxygen atoms in total. The minimum Gasteiger partial charge on any atom is -0.465 e. The van der Waals surface area contributed by atoms with Crippen molar-refractivity contribution in [2.75, 3.05) is 51.3 Å². The Labute approximate surface area is 270 Å². The van der Waals surface area contributed by atoms with Gasteiger partial charge in [0.15, 0.2) is 11.6 Å². The molecule has 0 bridgehead atoms. The molecule has 2 N–H and O–H groups in total. The molecule has 0 spiro atoms. The van der Waals surface area contributed by atoms with E-state index in [0.29, 0.717) is 33.6 Å². The minimum absolute atomic E-state index is 0.153. The van der Waals surface area contributed by atoms with Crippen LogP contribution in [0.2, 0.25) is 0 Å². The highest BCUT2D eigenvalue weighted by Gasteiger charge is 2.38. The van der Waals surface area contributed by atoms with Crippen molar-refractivity contribution >= 4 is 38.5 Å². The summed E-state index contributed by atoms with van der Waals surface area (Å²) >= 11 is 0. The zero-order valence-electron chi connectivity index (χ0n) is 26.9. The zero-order chi connectivity index (χ0) is 33.7. The van der Waals surface area contributed by atoms with Gasteiger partial charge in [-0.15, -0.1) is 0 Å². The van der Waals surface area contributed by atoms with Gasteiger partial charge in [-0.25, -0.2) is 9.59 Å². The lowest BCUT2D eigenvalue weighted by atomic mass is 10.1. The summed E-state index contributed by atoms with van der Waals surface area (Å²) in [6, 6.07) is 20.0. The molecule has 0 saturated carbocycles. The van der Waals surface area contributed by atoms with E-state index in [-0.39, 0.29) is 26.4 Å². The van der Waals surface area contributed by atoms with Crippen molar-refractivity contribution in [1.29, 1.82) is 0 Å². The van der Waals surface area contributed by atoms with Crippen LogP contribution in [0.5, 0.6) is 0 Å². The molecule has 250 valence electrons. The van der Waals surface area contributed by atoms with E-state index < -0.39 is 38.7 Å². The van der Waals surface area contributed by atoms with Crippen molar-refractivity contribution in [3.8, 4) is 0 Å². The van der Waals surface area contributed by atoms with E-state index in [9.17, 15) is 18.7 Å². The quantitative estimate of drug-likeness (QED) is 0.0993. The van der Waals surface area contributed by atoms with E-state index in [0.717, 1.165) is 0 Å². The van der Waals surface area contributed by atoms with E-state index in [1.807, 2.05) is 0 Å². The lowest BCUT2D eigenvalue weighted by Crippen LogP contribution is -2.16. The Balaban J connectivity index is 1.96. The van der Waals surface area contributed by atoms with Crippen LogP contribution in [0.4, 0.5) is 11.4 Å². The van der Waals surface area contributed by atoms with Crippen LogP contribution in [0.1, 0.15) is 71.1 Å². The second-order valence-electron chi connectivity index (χ2n) is 9.65. The average Bonchev–Trinajstić information content (AvgIpc) is 3.06. The van der Waals surface area contributed by atoms with Gasteiger partial charge in [0, 0.05) is 11.4 Å². The third-order valence-corrected chi connectivity index (χ3v) is 11.2. The van der Waals surface area contributed by atoms with Gasteiger partial charge in [0.2, 0.25) is 0 Å². The second-order valence-corrected chi connectivity index (χ2v) is 13.9. The Kier molecular flexibility index (Phi) is 14.0. The van der Waals surface area contributed by atoms with Gasteiger partial charge in [-0.1, -0.05) is 24.3 Å². The second kappa shape index (κ2) is 17.4. The van der Waals surface area contributed by atoms with Crippen molar-refractivity contribution in [2.24, 2.45) is 0 Å². The maximum Gasteiger partial charge on any atom is 0.357 e. The molecule has 3 aromatic rings. The third kappa shape index (κ3) is 9.28. The Morgan fingerprint density at radius 3 is 1.07 bits per heavy atom. The van der Waals surface area contributed by atoms with E-state index in [2.05, 4.69) is 10.6 Å². The number of anilines is 2. The number of rotatable bonds is 18. The number of hydrogen-bond acceptors (Lipinski definition) is 12. The molecular formula is C32H42N2O10P2. The van der Waals surface area contributed by atoms with Gasteiger partial charge in [0.25, 0.3) is 0 Å². The van der Waals surface area contributed by atoms with Gasteiger partial charge in [-0.3, -0.25) is 9.13 Å². The van der Waals surface area contributed by atoms with Crippen molar-refractivity contribution in [2.45, 2.75) is 39.3 Å². The van der Waals surface area contributed by atoms with Crippen LogP contribution >= 0.6 is 15.2 Å². The van der Waals surface area contributed by atoms with Crippen LogP contribution in [-0.2, 0) is 36.7 Å². The van der Waals surface area contributed by atoms with Crippen molar-refractivity contribution in [3.63, 3.8) is 0 Å². The molecule has 0 aliphatic heterocycles. The van der Waals surface area contributed by atoms with Crippen LogP contribution < -0.4 is 10.6 Å². The van der Waals surface area contributed by atoms with E-state index in [1.165, 1.54) is 14.2 Å². The van der Waals surface area contributed by atoms with Crippen LogP contribution in [0, 0.1) is 0 Å². The predicted octanol–water partition coefficient (Wildman–Crippen LogP) is 8.01. The molecule has 3 aromatic carbocycles. The summed E-state index contributed by atoms with van der Waals surface area (Å²) < 4.78 is 60.3. The molecule has 46 heavy (non-hydrogen) atoms. The molecule has 0 aliphatic carbocycles. The fraction of sp³-hybridized carbons (Fsp3) is 0.375. The molecule has 0 amide bonds. The van der Waals surface area contributed by atoms with Gasteiger partial charge in [0.1, 0.15) is 0 Å². The summed E-state index contributed by atoms with van der Waals surface area (Å²) in [6.07, 6.45) is 0. The molecule has 2 unspecified atom stereocenters. The van der Waals surface area contributed by atoms with Crippen molar-refractivity contribution in [3.05, 3.63) is 95.1 Å². The molecule has 0 saturated heterocycles. The lowest BCUT2D eigenvalue weighted by molar-refractivity contribution is 0.0592. The number of nitrogens with one attached hydrogen (secondary N) is 2. The van der Waals surface area contributed by atoms with Gasteiger partial charge in [-0.2, -0.15) is 0 Å². The first-order valence-electron chi connectivity index (χ1n) is 14.8. The normalized spacial score (nSPS) is 13.0. The lowest BCUT2D eigenvalue weighted by Gasteiger charge is -2.29. The van der Waals surface area contributed by atoms with Gasteiger partial charge in [-0.05, 0) is 87.4 Å². The number of benzene rings is 3. The fourth-order valence-corrected chi connectivity index (χ4v) is 8.47. The van der Waals surface area contributed by atoms with Crippen molar-refractivity contribution in [1.82, 2.24) is 0 Å². The number of carbonyl (C=O) groups is 2. The number of carbonyl (C=O) groups excluding carboxylic acids is 2. The van der Waals surface area contributed by atoms with E-state index in [4.69, 9.17) is 27.6 Å². The summed E-state index contributed by atoms with van der Waals surface area (Å²) in [5, 5.41) is 6.54. The summed E-state index contributed by atoms with van der Waals surface area (Å²) in [6.45, 7) is 7.53. The zero-order valence-corrected chi connectivity index (χ0v) is 28.7. The highest BCUT2D eigenvalue weighted by molar-refractivity contribution is 7.54. The van der Waals surface area contributed by atoms with Gasteiger partial charge >= 0.3 is 27.1 Å². The number of hydrogen-bond donors (Lipinski definition) is 2. The van der Waals surface area contributed by atoms with E-state index >= 15 is 0 Å². The molecule has 0 aliphatic rings. The molecule has 0 radical (unpaired) electrons. The molecule has 14 heteroatoms. The summed E-state index contributed by atoms with van der Waals surface area (Å²) in [5.41, 5.74) is 3.01. The maximum absolute atomic E-state index is 14.0. The highest BCUT2D eigenvalue weighted by Crippen LogP contribution is 2.62. The fourth-order valence-electron chi connectivity index (χ4n) is 4.60. The first-order valence-corrected chi connectivity index (χ1v) is 18.1. The molecule has 0 heterocycles. The SMILES string of the molecule is CCOP(=O)(OCC)C(Nc1ccc(NC(c2ccc(C(=O)OC)cc2)P(=O)(OCC)OCC)cc1)c1ccc(C(=O)OC)cc1. The Morgan fingerprint density at radius 2 is 0.826 bits per heavy atom. The number of esters is 2.